The maximum absolute atomic E-state index is 12.3. The van der Waals surface area contributed by atoms with Crippen molar-refractivity contribution in [3.05, 3.63) is 24.2 Å². The molecule has 1 aliphatic rings. The Hall–Kier alpha value is -1.76. The van der Waals surface area contributed by atoms with Crippen LogP contribution in [0.1, 0.15) is 36.7 Å². The van der Waals surface area contributed by atoms with Gasteiger partial charge in [-0.2, -0.15) is 0 Å². The van der Waals surface area contributed by atoms with E-state index in [2.05, 4.69) is 5.32 Å². The van der Waals surface area contributed by atoms with Crippen LogP contribution in [0.15, 0.2) is 22.8 Å². The van der Waals surface area contributed by atoms with Gasteiger partial charge in [-0.1, -0.05) is 0 Å². The van der Waals surface area contributed by atoms with Crippen molar-refractivity contribution in [2.45, 2.75) is 38.7 Å². The molecule has 1 fully saturated rings. The van der Waals surface area contributed by atoms with Gasteiger partial charge in [-0.15, -0.1) is 0 Å². The van der Waals surface area contributed by atoms with Crippen molar-refractivity contribution < 1.29 is 22.8 Å². The van der Waals surface area contributed by atoms with Crippen molar-refractivity contribution in [3.63, 3.8) is 0 Å². The zero-order valence-corrected chi connectivity index (χ0v) is 13.1. The lowest BCUT2D eigenvalue weighted by atomic mass is 9.95. The number of Topliss-reactive ketones (excluding diaryl/α,β-unsaturated/α-hetero) is 1. The molecule has 7 heteroatoms. The average molecular weight is 328 g/mol. The molecule has 1 aliphatic heterocycles. The van der Waals surface area contributed by atoms with E-state index in [-0.39, 0.29) is 42.4 Å². The quantitative estimate of drug-likeness (QED) is 0.781. The Morgan fingerprint density at radius 3 is 2.65 bits per heavy atom. The second-order valence-corrected chi connectivity index (χ2v) is 5.98. The summed E-state index contributed by atoms with van der Waals surface area (Å²) in [6.07, 6.45) is 0.398. The van der Waals surface area contributed by atoms with Crippen LogP contribution in [-0.4, -0.2) is 48.7 Å². The molecule has 0 unspecified atom stereocenters. The van der Waals surface area contributed by atoms with Crippen LogP contribution in [0.25, 0.3) is 0 Å². The van der Waals surface area contributed by atoms with E-state index in [9.17, 15) is 18.4 Å². The predicted octanol–water partition coefficient (Wildman–Crippen LogP) is 2.33. The van der Waals surface area contributed by atoms with Crippen molar-refractivity contribution >= 4 is 11.7 Å². The predicted molar refractivity (Wildman–Crippen MR) is 80.4 cm³/mol. The first-order valence-electron chi connectivity index (χ1n) is 7.83. The van der Waals surface area contributed by atoms with E-state index in [1.165, 1.54) is 6.26 Å². The van der Waals surface area contributed by atoms with Crippen LogP contribution < -0.4 is 5.32 Å². The van der Waals surface area contributed by atoms with Crippen molar-refractivity contribution in [1.82, 2.24) is 10.2 Å². The highest BCUT2D eigenvalue weighted by atomic mass is 19.3. The molecule has 0 bridgehead atoms. The average Bonchev–Trinajstić information content (AvgIpc) is 3.01. The number of ketones is 1. The van der Waals surface area contributed by atoms with Gasteiger partial charge in [0.1, 0.15) is 0 Å². The topological polar surface area (TPSA) is 62.6 Å². The Morgan fingerprint density at radius 2 is 2.09 bits per heavy atom. The minimum atomic E-state index is -2.34. The van der Waals surface area contributed by atoms with Gasteiger partial charge in [-0.05, 0) is 45.0 Å². The van der Waals surface area contributed by atoms with Gasteiger partial charge in [0.2, 0.25) is 5.91 Å². The van der Waals surface area contributed by atoms with E-state index in [1.54, 1.807) is 24.0 Å². The number of carbonyl (C=O) groups is 2. The number of alkyl halides is 2. The number of carbonyl (C=O) groups excluding carboxylic acids is 2. The summed E-state index contributed by atoms with van der Waals surface area (Å²) in [7, 11) is 0. The van der Waals surface area contributed by atoms with E-state index in [0.717, 1.165) is 0 Å². The number of amides is 1. The normalized spacial score (nSPS) is 18.1. The fraction of sp³-hybridized carbons (Fsp3) is 0.625. The molecule has 2 heterocycles. The van der Waals surface area contributed by atoms with Crippen LogP contribution in [0.2, 0.25) is 0 Å². The summed E-state index contributed by atoms with van der Waals surface area (Å²) in [5, 5.41) is 2.83. The maximum atomic E-state index is 12.3. The van der Waals surface area contributed by atoms with E-state index in [4.69, 9.17) is 4.42 Å². The molecule has 0 aromatic carbocycles. The molecule has 0 aliphatic carbocycles. The minimum absolute atomic E-state index is 0.110. The summed E-state index contributed by atoms with van der Waals surface area (Å²) in [6, 6.07) is 2.94. The zero-order chi connectivity index (χ0) is 16.8. The molecule has 1 aromatic rings. The lowest BCUT2D eigenvalue weighted by molar-refractivity contribution is -0.127. The first-order valence-corrected chi connectivity index (χ1v) is 7.83. The number of halogens is 2. The fourth-order valence-electron chi connectivity index (χ4n) is 2.80. The van der Waals surface area contributed by atoms with E-state index in [1.807, 2.05) is 0 Å². The second-order valence-electron chi connectivity index (χ2n) is 5.98. The summed E-state index contributed by atoms with van der Waals surface area (Å²) in [5.74, 6) is -0.160. The maximum Gasteiger partial charge on any atom is 0.251 e. The SMILES string of the molecule is C[C@H](CC(=O)c1ccco1)NC(=O)C1CCN(CC(F)F)CC1. The zero-order valence-electron chi connectivity index (χ0n) is 13.1. The van der Waals surface area contributed by atoms with Gasteiger partial charge >= 0.3 is 0 Å². The number of rotatable bonds is 7. The lowest BCUT2D eigenvalue weighted by Gasteiger charge is -2.31. The molecule has 0 spiro atoms. The first kappa shape index (κ1) is 17.6. The number of hydrogen-bond donors (Lipinski definition) is 1. The van der Waals surface area contributed by atoms with Gasteiger partial charge < -0.3 is 9.73 Å². The van der Waals surface area contributed by atoms with Gasteiger partial charge in [-0.3, -0.25) is 14.5 Å². The third-order valence-electron chi connectivity index (χ3n) is 4.03. The summed E-state index contributed by atoms with van der Waals surface area (Å²) in [4.78, 5) is 25.8. The summed E-state index contributed by atoms with van der Waals surface area (Å²) < 4.78 is 29.7. The molecule has 5 nitrogen and oxygen atoms in total. The smallest absolute Gasteiger partial charge is 0.251 e. The summed E-state index contributed by atoms with van der Waals surface area (Å²) >= 11 is 0. The van der Waals surface area contributed by atoms with Crippen molar-refractivity contribution in [2.24, 2.45) is 5.92 Å². The molecule has 0 saturated carbocycles. The molecule has 1 saturated heterocycles. The number of likely N-dealkylation sites (tertiary alicyclic amines) is 1. The molecule has 1 N–H and O–H groups in total. The highest BCUT2D eigenvalue weighted by Gasteiger charge is 2.27. The van der Waals surface area contributed by atoms with Crippen LogP contribution in [-0.2, 0) is 4.79 Å². The molecule has 0 radical (unpaired) electrons. The first-order chi connectivity index (χ1) is 11.0. The van der Waals surface area contributed by atoms with E-state index < -0.39 is 6.43 Å². The Morgan fingerprint density at radius 1 is 1.39 bits per heavy atom. The molecular formula is C16H22F2N2O3. The Kier molecular flexibility index (Phi) is 6.27. The Labute approximate surface area is 134 Å². The van der Waals surface area contributed by atoms with E-state index >= 15 is 0 Å². The molecular weight excluding hydrogens is 306 g/mol. The third-order valence-corrected chi connectivity index (χ3v) is 4.03. The van der Waals surface area contributed by atoms with Crippen LogP contribution in [0.3, 0.4) is 0 Å². The largest absolute Gasteiger partial charge is 0.461 e. The lowest BCUT2D eigenvalue weighted by Crippen LogP contribution is -2.44. The number of furan rings is 1. The second kappa shape index (κ2) is 8.19. The number of nitrogens with zero attached hydrogens (tertiary/aromatic N) is 1. The summed E-state index contributed by atoms with van der Waals surface area (Å²) in [5.41, 5.74) is 0. The number of piperidine rings is 1. The van der Waals surface area contributed by atoms with Crippen LogP contribution in [0, 0.1) is 5.92 Å². The van der Waals surface area contributed by atoms with Gasteiger partial charge in [0.25, 0.3) is 6.43 Å². The van der Waals surface area contributed by atoms with Crippen molar-refractivity contribution in [3.8, 4) is 0 Å². The standard InChI is InChI=1S/C16H22F2N2O3/c1-11(9-13(21)14-3-2-8-23-14)19-16(22)12-4-6-20(7-5-12)10-15(17)18/h2-3,8,11-12,15H,4-7,9-10H2,1H3,(H,19,22)/t11-/m1/s1. The van der Waals surface area contributed by atoms with Crippen LogP contribution in [0.5, 0.6) is 0 Å². The highest BCUT2D eigenvalue weighted by Crippen LogP contribution is 2.18. The molecule has 23 heavy (non-hydrogen) atoms. The minimum Gasteiger partial charge on any atom is -0.461 e. The number of nitrogens with one attached hydrogen (secondary N) is 1. The van der Waals surface area contributed by atoms with Gasteiger partial charge in [0, 0.05) is 18.4 Å². The molecule has 1 atom stereocenters. The van der Waals surface area contributed by atoms with Crippen molar-refractivity contribution in [2.75, 3.05) is 19.6 Å². The molecule has 2 rings (SSSR count). The molecule has 1 amide bonds. The third kappa shape index (κ3) is 5.42. The fourth-order valence-corrected chi connectivity index (χ4v) is 2.80. The van der Waals surface area contributed by atoms with Crippen molar-refractivity contribution in [1.29, 1.82) is 0 Å². The van der Waals surface area contributed by atoms with Gasteiger partial charge in [0.05, 0.1) is 12.8 Å². The Bertz CT molecular complexity index is 511. The molecule has 1 aromatic heterocycles. The number of hydrogen-bond acceptors (Lipinski definition) is 4. The van der Waals surface area contributed by atoms with Gasteiger partial charge in [0.15, 0.2) is 11.5 Å². The summed E-state index contributed by atoms with van der Waals surface area (Å²) in [6.45, 7) is 2.54. The van der Waals surface area contributed by atoms with E-state index in [0.29, 0.717) is 25.9 Å². The highest BCUT2D eigenvalue weighted by molar-refractivity contribution is 5.94. The van der Waals surface area contributed by atoms with Gasteiger partial charge in [-0.25, -0.2) is 8.78 Å². The molecule has 128 valence electrons. The monoisotopic (exact) mass is 328 g/mol. The van der Waals surface area contributed by atoms with Crippen LogP contribution >= 0.6 is 0 Å². The Balaban J connectivity index is 1.73. The van der Waals surface area contributed by atoms with Crippen LogP contribution in [0.4, 0.5) is 8.78 Å².